The van der Waals surface area contributed by atoms with E-state index in [1.807, 2.05) is 20.8 Å². The van der Waals surface area contributed by atoms with Crippen molar-refractivity contribution in [3.63, 3.8) is 0 Å². The van der Waals surface area contributed by atoms with Crippen LogP contribution in [-0.2, 0) is 0 Å². The van der Waals surface area contributed by atoms with Crippen LogP contribution in [0.1, 0.15) is 56.9 Å². The van der Waals surface area contributed by atoms with Crippen molar-refractivity contribution in [2.24, 2.45) is 0 Å². The molecule has 104 valence electrons. The summed E-state index contributed by atoms with van der Waals surface area (Å²) in [6.07, 6.45) is 5.97. The normalized spacial score (nSPS) is 16.4. The standard InChI is InChI=1S/C14H22N4O/c1-14(2,3)18-12-8-11(15-9-16-12)13(19)17-10-6-4-5-7-10/h8-10H,4-7H2,1-3H3,(H,17,19)(H,15,16,18). The van der Waals surface area contributed by atoms with E-state index in [9.17, 15) is 4.79 Å². The van der Waals surface area contributed by atoms with Gasteiger partial charge in [-0.25, -0.2) is 9.97 Å². The van der Waals surface area contributed by atoms with E-state index < -0.39 is 0 Å². The first-order chi connectivity index (χ1) is 8.94. The Morgan fingerprint density at radius 2 is 1.95 bits per heavy atom. The van der Waals surface area contributed by atoms with Crippen LogP contribution in [0.5, 0.6) is 0 Å². The highest BCUT2D eigenvalue weighted by Gasteiger charge is 2.19. The summed E-state index contributed by atoms with van der Waals surface area (Å²) in [6.45, 7) is 6.15. The lowest BCUT2D eigenvalue weighted by molar-refractivity contribution is 0.0932. The van der Waals surface area contributed by atoms with Crippen LogP contribution in [0.25, 0.3) is 0 Å². The van der Waals surface area contributed by atoms with Gasteiger partial charge in [0.2, 0.25) is 0 Å². The molecule has 1 amide bonds. The molecule has 1 fully saturated rings. The van der Waals surface area contributed by atoms with Gasteiger partial charge in [0.25, 0.3) is 5.91 Å². The highest BCUT2D eigenvalue weighted by molar-refractivity contribution is 5.93. The second kappa shape index (κ2) is 5.55. The number of aromatic nitrogens is 2. The predicted molar refractivity (Wildman–Crippen MR) is 75.1 cm³/mol. The summed E-state index contributed by atoms with van der Waals surface area (Å²) in [5.74, 6) is 0.574. The van der Waals surface area contributed by atoms with Crippen LogP contribution in [0.15, 0.2) is 12.4 Å². The molecular weight excluding hydrogens is 240 g/mol. The fourth-order valence-corrected chi connectivity index (χ4v) is 2.26. The molecule has 1 aromatic rings. The number of hydrogen-bond donors (Lipinski definition) is 2. The number of amides is 1. The molecule has 1 aromatic heterocycles. The van der Waals surface area contributed by atoms with Crippen LogP contribution in [0.2, 0.25) is 0 Å². The fraction of sp³-hybridized carbons (Fsp3) is 0.643. The second-order valence-electron chi connectivity index (χ2n) is 6.12. The van der Waals surface area contributed by atoms with E-state index >= 15 is 0 Å². The largest absolute Gasteiger partial charge is 0.365 e. The molecule has 2 rings (SSSR count). The molecule has 19 heavy (non-hydrogen) atoms. The van der Waals surface area contributed by atoms with Crippen molar-refractivity contribution in [1.82, 2.24) is 15.3 Å². The van der Waals surface area contributed by atoms with Gasteiger partial charge >= 0.3 is 0 Å². The molecule has 5 heteroatoms. The van der Waals surface area contributed by atoms with Gasteiger partial charge < -0.3 is 10.6 Å². The second-order valence-corrected chi connectivity index (χ2v) is 6.12. The fourth-order valence-electron chi connectivity index (χ4n) is 2.26. The van der Waals surface area contributed by atoms with Gasteiger partial charge in [-0.2, -0.15) is 0 Å². The van der Waals surface area contributed by atoms with Crippen molar-refractivity contribution in [2.75, 3.05) is 5.32 Å². The third-order valence-corrected chi connectivity index (χ3v) is 3.09. The van der Waals surface area contributed by atoms with Crippen LogP contribution >= 0.6 is 0 Å². The summed E-state index contributed by atoms with van der Waals surface area (Å²) in [4.78, 5) is 20.3. The van der Waals surface area contributed by atoms with Crippen molar-refractivity contribution < 1.29 is 4.79 Å². The van der Waals surface area contributed by atoms with Crippen molar-refractivity contribution in [1.29, 1.82) is 0 Å². The molecule has 0 spiro atoms. The molecule has 1 aliphatic rings. The lowest BCUT2D eigenvalue weighted by Gasteiger charge is -2.21. The van der Waals surface area contributed by atoms with Gasteiger partial charge in [0.15, 0.2) is 0 Å². The van der Waals surface area contributed by atoms with Crippen molar-refractivity contribution in [3.05, 3.63) is 18.1 Å². The highest BCUT2D eigenvalue weighted by Crippen LogP contribution is 2.18. The lowest BCUT2D eigenvalue weighted by Crippen LogP contribution is -2.33. The topological polar surface area (TPSA) is 66.9 Å². The van der Waals surface area contributed by atoms with Crippen molar-refractivity contribution in [2.45, 2.75) is 58.0 Å². The van der Waals surface area contributed by atoms with E-state index in [4.69, 9.17) is 0 Å². The third-order valence-electron chi connectivity index (χ3n) is 3.09. The van der Waals surface area contributed by atoms with Gasteiger partial charge in [-0.15, -0.1) is 0 Å². The number of anilines is 1. The summed E-state index contributed by atoms with van der Waals surface area (Å²) in [5, 5.41) is 6.27. The molecule has 0 aromatic carbocycles. The zero-order chi connectivity index (χ0) is 13.9. The van der Waals surface area contributed by atoms with Crippen LogP contribution in [-0.4, -0.2) is 27.5 Å². The Hall–Kier alpha value is -1.65. The van der Waals surface area contributed by atoms with Gasteiger partial charge in [0, 0.05) is 17.6 Å². The Kier molecular flexibility index (Phi) is 4.02. The van der Waals surface area contributed by atoms with Crippen molar-refractivity contribution in [3.8, 4) is 0 Å². The maximum Gasteiger partial charge on any atom is 0.270 e. The number of hydrogen-bond acceptors (Lipinski definition) is 4. The average Bonchev–Trinajstić information content (AvgIpc) is 2.80. The molecule has 0 unspecified atom stereocenters. The summed E-state index contributed by atoms with van der Waals surface area (Å²) < 4.78 is 0. The minimum atomic E-state index is -0.105. The van der Waals surface area contributed by atoms with Gasteiger partial charge in [-0.05, 0) is 33.6 Å². The first kappa shape index (κ1) is 13.8. The molecule has 1 saturated carbocycles. The zero-order valence-electron chi connectivity index (χ0n) is 11.9. The molecule has 1 aliphatic carbocycles. The molecule has 0 atom stereocenters. The molecule has 0 saturated heterocycles. The Morgan fingerprint density at radius 3 is 2.58 bits per heavy atom. The number of carbonyl (C=O) groups excluding carboxylic acids is 1. The smallest absolute Gasteiger partial charge is 0.270 e. The Morgan fingerprint density at radius 1 is 1.26 bits per heavy atom. The quantitative estimate of drug-likeness (QED) is 0.877. The maximum atomic E-state index is 12.1. The number of nitrogens with zero attached hydrogens (tertiary/aromatic N) is 2. The summed E-state index contributed by atoms with van der Waals surface area (Å²) in [7, 11) is 0. The van der Waals surface area contributed by atoms with E-state index in [2.05, 4.69) is 20.6 Å². The number of rotatable bonds is 3. The van der Waals surface area contributed by atoms with Gasteiger partial charge in [-0.1, -0.05) is 12.8 Å². The van der Waals surface area contributed by atoms with Crippen molar-refractivity contribution >= 4 is 11.7 Å². The van der Waals surface area contributed by atoms with E-state index in [-0.39, 0.29) is 11.4 Å². The summed E-state index contributed by atoms with van der Waals surface area (Å²) in [6, 6.07) is 2.01. The Bertz CT molecular complexity index is 447. The van der Waals surface area contributed by atoms with Crippen LogP contribution in [0.4, 0.5) is 5.82 Å². The van der Waals surface area contributed by atoms with E-state index in [1.54, 1.807) is 6.07 Å². The number of nitrogens with one attached hydrogen (secondary N) is 2. The average molecular weight is 262 g/mol. The van der Waals surface area contributed by atoms with E-state index in [0.29, 0.717) is 17.6 Å². The molecule has 2 N–H and O–H groups in total. The number of carbonyl (C=O) groups is 1. The lowest BCUT2D eigenvalue weighted by atomic mass is 10.1. The summed E-state index contributed by atoms with van der Waals surface area (Å²) >= 11 is 0. The monoisotopic (exact) mass is 262 g/mol. The minimum Gasteiger partial charge on any atom is -0.365 e. The molecule has 1 heterocycles. The zero-order valence-corrected chi connectivity index (χ0v) is 11.9. The predicted octanol–water partition coefficient (Wildman–Crippen LogP) is 2.36. The van der Waals surface area contributed by atoms with Gasteiger partial charge in [-0.3, -0.25) is 4.79 Å². The molecule has 0 aliphatic heterocycles. The minimum absolute atomic E-state index is 0.0897. The third kappa shape index (κ3) is 4.19. The molecule has 5 nitrogen and oxygen atoms in total. The van der Waals surface area contributed by atoms with Gasteiger partial charge in [0.05, 0.1) is 0 Å². The van der Waals surface area contributed by atoms with Crippen LogP contribution in [0, 0.1) is 0 Å². The first-order valence-electron chi connectivity index (χ1n) is 6.85. The van der Waals surface area contributed by atoms with Crippen LogP contribution < -0.4 is 10.6 Å². The molecular formula is C14H22N4O. The van der Waals surface area contributed by atoms with E-state index in [1.165, 1.54) is 19.2 Å². The van der Waals surface area contributed by atoms with E-state index in [0.717, 1.165) is 12.8 Å². The SMILES string of the molecule is CC(C)(C)Nc1cc(C(=O)NC2CCCC2)ncn1. The molecule has 0 bridgehead atoms. The molecule has 0 radical (unpaired) electrons. The maximum absolute atomic E-state index is 12.1. The highest BCUT2D eigenvalue weighted by atomic mass is 16.1. The Labute approximate surface area is 114 Å². The van der Waals surface area contributed by atoms with Crippen LogP contribution in [0.3, 0.4) is 0 Å². The van der Waals surface area contributed by atoms with Gasteiger partial charge in [0.1, 0.15) is 17.8 Å². The summed E-state index contributed by atoms with van der Waals surface area (Å²) in [5.41, 5.74) is 0.335. The Balaban J connectivity index is 2.03. The first-order valence-corrected chi connectivity index (χ1v) is 6.85.